The number of aryl methyl sites for hydroxylation is 1. The number of rotatable bonds is 12. The molecule has 9 aromatic carbocycles. The number of Topliss-reactive ketones (excluding diaryl/α,β-unsaturated/α-hetero) is 4. The van der Waals surface area contributed by atoms with Crippen molar-refractivity contribution < 1.29 is 113 Å². The number of carbonyl (C=O) groups excluding carboxylic acids is 4. The van der Waals surface area contributed by atoms with E-state index < -0.39 is 22.5 Å². The first-order chi connectivity index (χ1) is 54.0. The van der Waals surface area contributed by atoms with Crippen LogP contribution in [0.25, 0.3) is 106 Å². The van der Waals surface area contributed by atoms with Crippen LogP contribution in [0.3, 0.4) is 0 Å². The van der Waals surface area contributed by atoms with Crippen LogP contribution in [0.15, 0.2) is 304 Å². The van der Waals surface area contributed by atoms with Gasteiger partial charge >= 0.3 is 0 Å². The number of para-hydroxylation sites is 2. The number of aromatic nitrogens is 6. The van der Waals surface area contributed by atoms with Crippen LogP contribution in [0.4, 0.5) is 8.78 Å². The molecule has 0 spiro atoms. The molecular weight excluding hydrogens is 2160 g/mol. The first-order valence-electron chi connectivity index (χ1n) is 36.3. The van der Waals surface area contributed by atoms with E-state index in [1.807, 2.05) is 237 Å². The number of carbonyl (C=O) groups is 4. The van der Waals surface area contributed by atoms with Gasteiger partial charge in [0.1, 0.15) is 28.9 Å². The predicted molar refractivity (Wildman–Crippen MR) is 449 cm³/mol. The minimum absolute atomic E-state index is 0. The van der Waals surface area contributed by atoms with Crippen molar-refractivity contribution in [3.05, 3.63) is 363 Å². The molecule has 0 saturated carbocycles. The Morgan fingerprint density at radius 2 is 0.948 bits per heavy atom. The molecule has 0 N–H and O–H groups in total. The van der Waals surface area contributed by atoms with Crippen molar-refractivity contribution in [1.82, 2.24) is 29.9 Å². The zero-order chi connectivity index (χ0) is 80.3. The number of halogens is 2. The minimum Gasteiger partial charge on any atom is -0.497 e. The summed E-state index contributed by atoms with van der Waals surface area (Å²) in [4.78, 5) is 69.2. The zero-order valence-electron chi connectivity index (χ0n) is 66.2. The van der Waals surface area contributed by atoms with E-state index >= 15 is 0 Å². The average Bonchev–Trinajstić information content (AvgIpc) is 0.775. The molecule has 0 atom stereocenters. The maximum absolute atomic E-state index is 13.4. The van der Waals surface area contributed by atoms with Gasteiger partial charge in [0.2, 0.25) is 0 Å². The Morgan fingerprint density at radius 1 is 0.440 bits per heavy atom. The Bertz CT molecular complexity index is 5340. The maximum Gasteiger partial charge on any atom is 0.145 e. The summed E-state index contributed by atoms with van der Waals surface area (Å²) in [6.45, 7) is 17.8. The first kappa shape index (κ1) is 97.7. The Hall–Kier alpha value is -10.7. The molecule has 6 aromatic heterocycles. The van der Waals surface area contributed by atoms with E-state index in [1.165, 1.54) is 65.4 Å². The molecule has 6 heterocycles. The summed E-state index contributed by atoms with van der Waals surface area (Å²) in [5.74, 6) is -0.883. The monoisotopic (exact) mass is 2250 g/mol. The van der Waals surface area contributed by atoms with Crippen LogP contribution >= 0.6 is 0 Å². The minimum atomic E-state index is -0.694. The number of benzene rings is 9. The fourth-order valence-corrected chi connectivity index (χ4v) is 10.6. The second kappa shape index (κ2) is 50.6. The molecule has 0 saturated heterocycles. The van der Waals surface area contributed by atoms with Crippen molar-refractivity contribution in [3.8, 4) is 73.2 Å². The number of fused-ring (bicyclic) bond motifs is 3. The Morgan fingerprint density at radius 3 is 1.47 bits per heavy atom. The molecule has 600 valence electrons. The van der Waals surface area contributed by atoms with Gasteiger partial charge in [-0.25, -0.2) is 6.08 Å². The number of nitrogens with zero attached hydrogens (tertiary/aromatic N) is 6. The number of methoxy groups -OCH3 is 1. The molecule has 0 amide bonds. The number of ether oxygens (including phenoxy) is 1. The van der Waals surface area contributed by atoms with E-state index in [-0.39, 0.29) is 122 Å². The molecule has 15 aromatic rings. The molecular formula is C99H88F2Ir4N6O5-6. The van der Waals surface area contributed by atoms with E-state index in [0.29, 0.717) is 11.4 Å². The SMILES string of the molecule is CC(=O)CC(C)=O.CC(C)(C)C(=O)CC(=O)C(C)(C)C.COc1ccnc(-c2[c-]cc(F)cc2F)c1.C[C-]=Cc1ccc2ccccc2n1.Cc1ccc[c-]c1-c1cc(-c2ccccc2)c2ccccc2n1.[Ir].[Ir].[Ir].[Ir].[c-]1ccccc1-c1ccccn1.[c-]1ccccc1-c1ccccn1.[c-]1ccccc1-c1nccc2ccccc12. The fraction of sp³-hybridized carbons (Fsp3) is 0.152. The van der Waals surface area contributed by atoms with E-state index in [2.05, 4.69) is 147 Å². The third-order valence-electron chi connectivity index (χ3n) is 16.5. The Kier molecular flexibility index (Phi) is 42.6. The zero-order valence-corrected chi connectivity index (χ0v) is 75.8. The van der Waals surface area contributed by atoms with E-state index in [4.69, 9.17) is 9.72 Å². The van der Waals surface area contributed by atoms with Gasteiger partial charge in [0, 0.05) is 139 Å². The van der Waals surface area contributed by atoms with E-state index in [0.717, 1.165) is 73.9 Å². The number of pyridine rings is 6. The van der Waals surface area contributed by atoms with Crippen molar-refractivity contribution in [1.29, 1.82) is 0 Å². The van der Waals surface area contributed by atoms with Crippen molar-refractivity contribution in [3.63, 3.8) is 0 Å². The molecule has 11 nitrogen and oxygen atoms in total. The van der Waals surface area contributed by atoms with Gasteiger partial charge < -0.3 is 29.7 Å². The summed E-state index contributed by atoms with van der Waals surface area (Å²) < 4.78 is 31.1. The number of allylic oxidation sites excluding steroid dienone is 1. The normalized spacial score (nSPS) is 10.2. The molecule has 0 aliphatic heterocycles. The molecule has 0 aliphatic rings. The second-order valence-electron chi connectivity index (χ2n) is 27.4. The van der Waals surface area contributed by atoms with Crippen LogP contribution in [-0.2, 0) is 99.6 Å². The van der Waals surface area contributed by atoms with Crippen LogP contribution in [-0.4, -0.2) is 60.1 Å². The molecule has 0 unspecified atom stereocenters. The van der Waals surface area contributed by atoms with Gasteiger partial charge in [0.25, 0.3) is 0 Å². The summed E-state index contributed by atoms with van der Waals surface area (Å²) >= 11 is 0. The van der Waals surface area contributed by atoms with E-state index in [9.17, 15) is 28.0 Å². The summed E-state index contributed by atoms with van der Waals surface area (Å²) in [5.41, 5.74) is 14.4. The summed E-state index contributed by atoms with van der Waals surface area (Å²) in [5, 5.41) is 4.74. The first-order valence-corrected chi connectivity index (χ1v) is 36.3. The number of hydrogen-bond donors (Lipinski definition) is 0. The van der Waals surface area contributed by atoms with Crippen LogP contribution in [0.5, 0.6) is 5.75 Å². The molecule has 15 rings (SSSR count). The van der Waals surface area contributed by atoms with Gasteiger partial charge in [-0.15, -0.1) is 168 Å². The van der Waals surface area contributed by atoms with Crippen LogP contribution < -0.4 is 4.74 Å². The molecule has 17 heteroatoms. The largest absolute Gasteiger partial charge is 0.497 e. The maximum atomic E-state index is 13.4. The molecule has 4 radical (unpaired) electrons. The molecule has 116 heavy (non-hydrogen) atoms. The summed E-state index contributed by atoms with van der Waals surface area (Å²) in [6, 6.07) is 105. The van der Waals surface area contributed by atoms with E-state index in [1.54, 1.807) is 24.5 Å². The van der Waals surface area contributed by atoms with Gasteiger partial charge in [-0.3, -0.25) is 39.0 Å². The molecule has 0 bridgehead atoms. The second-order valence-corrected chi connectivity index (χ2v) is 27.4. The Balaban J connectivity index is 0.000000283. The predicted octanol–water partition coefficient (Wildman–Crippen LogP) is 23.5. The van der Waals surface area contributed by atoms with Gasteiger partial charge in [0.05, 0.1) is 25.5 Å². The van der Waals surface area contributed by atoms with Crippen LogP contribution in [0.1, 0.15) is 86.4 Å². The van der Waals surface area contributed by atoms with Crippen molar-refractivity contribution in [2.45, 2.75) is 82.1 Å². The van der Waals surface area contributed by atoms with Crippen LogP contribution in [0, 0.1) is 65.8 Å². The summed E-state index contributed by atoms with van der Waals surface area (Å²) in [7, 11) is 1.50. The summed E-state index contributed by atoms with van der Waals surface area (Å²) in [6.07, 6.45) is 11.9. The van der Waals surface area contributed by atoms with Gasteiger partial charge in [-0.1, -0.05) is 193 Å². The average molecular weight is 2250 g/mol. The van der Waals surface area contributed by atoms with Crippen molar-refractivity contribution >= 4 is 61.8 Å². The standard InChI is InChI=1S/C22H16N.C15H10N.C12H8F2NO.C12H10N.2C11H8N.C11H20O2.C5H8O2.4Ir/c1-16-9-5-6-12-18(16)22-15-20(17-10-3-2-4-11-17)19-13-7-8-14-21(19)23-22;1-2-7-13(8-3-1)15-14-9-5-4-6-12(14)10-11-16-15;1-16-9-4-5-15-12(7-9)10-3-2-8(13)6-11(10)14;1-2-5-11-9-8-10-6-3-4-7-12(10)13-11;2*1-2-6-10(7-3-1)11-8-4-5-9-12-11;1-10(2,3)8(12)7-9(13)11(4,5)6;1-4(6)3-5(2)7;;;;/h2-11,13-15H,1H3;1-7,9-11H;2,4-7H,1H3;3-9H,1H3;2*1-6,8-9H;7H2,1-6H3;3H2,1-2H3;;;;/q6*-1;;;;;;. The molecule has 0 aliphatic carbocycles. The number of ketones is 4. The fourth-order valence-electron chi connectivity index (χ4n) is 10.6. The third-order valence-corrected chi connectivity index (χ3v) is 16.5. The van der Waals surface area contributed by atoms with Crippen molar-refractivity contribution in [2.24, 2.45) is 10.8 Å². The van der Waals surface area contributed by atoms with Crippen LogP contribution in [0.2, 0.25) is 0 Å². The van der Waals surface area contributed by atoms with Gasteiger partial charge in [0.15, 0.2) is 0 Å². The topological polar surface area (TPSA) is 155 Å². The van der Waals surface area contributed by atoms with Gasteiger partial charge in [-0.05, 0) is 112 Å². The quantitative estimate of drug-likeness (QED) is 0.0848. The number of hydrogen-bond acceptors (Lipinski definition) is 11. The van der Waals surface area contributed by atoms with Gasteiger partial charge in [-0.2, -0.15) is 0 Å². The molecule has 0 fully saturated rings. The smallest absolute Gasteiger partial charge is 0.145 e. The van der Waals surface area contributed by atoms with Crippen molar-refractivity contribution in [2.75, 3.05) is 7.11 Å². The Labute approximate surface area is 734 Å². The third kappa shape index (κ3) is 31.8.